The van der Waals surface area contributed by atoms with E-state index < -0.39 is 5.91 Å². The number of carbonyl (C=O) groups is 4. The highest BCUT2D eigenvalue weighted by Crippen LogP contribution is 2.27. The van der Waals surface area contributed by atoms with Gasteiger partial charge in [-0.05, 0) is 66.9 Å². The molecule has 1 aliphatic heterocycles. The minimum Gasteiger partial charge on any atom is -0.348 e. The summed E-state index contributed by atoms with van der Waals surface area (Å²) in [5.41, 5.74) is 4.28. The molecule has 0 atom stereocenters. The van der Waals surface area contributed by atoms with Gasteiger partial charge in [-0.15, -0.1) is 0 Å². The van der Waals surface area contributed by atoms with E-state index in [-0.39, 0.29) is 17.7 Å². The first-order chi connectivity index (χ1) is 22.9. The Morgan fingerprint density at radius 1 is 0.809 bits per heavy atom. The lowest BCUT2D eigenvalue weighted by Crippen LogP contribution is -2.26. The van der Waals surface area contributed by atoms with Gasteiger partial charge in [0.1, 0.15) is 0 Å². The number of benzene rings is 4. The van der Waals surface area contributed by atoms with E-state index in [9.17, 15) is 19.2 Å². The summed E-state index contributed by atoms with van der Waals surface area (Å²) in [4.78, 5) is 59.9. The second kappa shape index (κ2) is 14.1. The number of hydrogen-bond donors (Lipinski definition) is 2. The number of fused-ring (bicyclic) bond motifs is 1. The fraction of sp³-hybridized carbons (Fsp3) is 0.216. The Bertz CT molecular complexity index is 1920. The smallest absolute Gasteiger partial charge is 0.258 e. The number of aryl methyl sites for hydroxylation is 1. The number of carbonyl (C=O) groups excluding carboxylic acids is 4. The molecule has 1 saturated heterocycles. The van der Waals surface area contributed by atoms with Gasteiger partial charge in [-0.1, -0.05) is 54.6 Å². The topological polar surface area (TPSA) is 117 Å². The van der Waals surface area contributed by atoms with Gasteiger partial charge < -0.3 is 19.7 Å². The molecule has 10 heteroatoms. The molecule has 1 fully saturated rings. The van der Waals surface area contributed by atoms with Crippen LogP contribution < -0.4 is 15.5 Å². The molecule has 0 radical (unpaired) electrons. The number of rotatable bonds is 11. The minimum atomic E-state index is -0.411. The Hall–Kier alpha value is -5.77. The Labute approximate surface area is 273 Å². The number of hydrogen-bond acceptors (Lipinski definition) is 5. The van der Waals surface area contributed by atoms with E-state index in [4.69, 9.17) is 4.98 Å². The Morgan fingerprint density at radius 3 is 2.23 bits per heavy atom. The van der Waals surface area contributed by atoms with Crippen LogP contribution in [0.1, 0.15) is 55.9 Å². The summed E-state index contributed by atoms with van der Waals surface area (Å²) >= 11 is 0. The van der Waals surface area contributed by atoms with Crippen molar-refractivity contribution in [1.82, 2.24) is 19.8 Å². The van der Waals surface area contributed by atoms with Crippen molar-refractivity contribution in [2.24, 2.45) is 0 Å². The van der Waals surface area contributed by atoms with Gasteiger partial charge in [-0.3, -0.25) is 24.5 Å². The van der Waals surface area contributed by atoms with Crippen LogP contribution in [0.25, 0.3) is 11.0 Å². The number of likely N-dealkylation sites (tertiary alicyclic amines) is 1. The van der Waals surface area contributed by atoms with Crippen molar-refractivity contribution in [3.63, 3.8) is 0 Å². The summed E-state index contributed by atoms with van der Waals surface area (Å²) in [5, 5.41) is 5.84. The molecule has 0 spiro atoms. The molecule has 4 aromatic carbocycles. The van der Waals surface area contributed by atoms with E-state index in [1.165, 1.54) is 0 Å². The highest BCUT2D eigenvalue weighted by Gasteiger charge is 2.21. The van der Waals surface area contributed by atoms with E-state index in [0.29, 0.717) is 66.3 Å². The number of aromatic nitrogens is 2. The maximum absolute atomic E-state index is 13.5. The molecule has 0 bridgehead atoms. The maximum atomic E-state index is 13.5. The van der Waals surface area contributed by atoms with Gasteiger partial charge in [0, 0.05) is 62.0 Å². The fourth-order valence-corrected chi connectivity index (χ4v) is 5.76. The number of nitrogens with zero attached hydrogens (tertiary/aromatic N) is 4. The van der Waals surface area contributed by atoms with Crippen molar-refractivity contribution in [3.05, 3.63) is 125 Å². The third kappa shape index (κ3) is 7.22. The second-order valence-corrected chi connectivity index (χ2v) is 11.5. The van der Waals surface area contributed by atoms with Crippen LogP contribution in [0, 0.1) is 0 Å². The molecule has 238 valence electrons. The molecule has 10 nitrogen and oxygen atoms in total. The Morgan fingerprint density at radius 2 is 1.51 bits per heavy atom. The van der Waals surface area contributed by atoms with Gasteiger partial charge in [-0.25, -0.2) is 4.98 Å². The van der Waals surface area contributed by atoms with Crippen molar-refractivity contribution < 1.29 is 19.2 Å². The lowest BCUT2D eigenvalue weighted by molar-refractivity contribution is -0.127. The fourth-order valence-electron chi connectivity index (χ4n) is 5.76. The van der Waals surface area contributed by atoms with Crippen molar-refractivity contribution in [2.45, 2.75) is 32.4 Å². The van der Waals surface area contributed by atoms with Crippen LogP contribution >= 0.6 is 0 Å². The normalized spacial score (nSPS) is 12.7. The zero-order chi connectivity index (χ0) is 32.8. The average molecular weight is 629 g/mol. The van der Waals surface area contributed by atoms with E-state index in [0.717, 1.165) is 24.0 Å². The first-order valence-corrected chi connectivity index (χ1v) is 15.7. The molecular formula is C37H36N6O4. The standard InChI is InChI=1S/C37H36N6O4/c1-41(36(47)27-13-6-3-7-14-27)30-18-19-32-31(24-30)39-37(43(32)22-10-21-42-20-9-17-33(42)44)40-35(46)29-16-8-15-28(23-29)34(45)38-25-26-11-4-2-5-12-26/h2-8,11-16,18-19,23-24H,9-10,17,20-22,25H2,1H3,(H,38,45)(H,39,40,46). The number of imidazole rings is 1. The van der Waals surface area contributed by atoms with Crippen molar-refractivity contribution >= 4 is 46.3 Å². The molecule has 6 rings (SSSR count). The second-order valence-electron chi connectivity index (χ2n) is 11.5. The van der Waals surface area contributed by atoms with Crippen molar-refractivity contribution in [2.75, 3.05) is 30.4 Å². The van der Waals surface area contributed by atoms with Gasteiger partial charge in [0.2, 0.25) is 11.9 Å². The molecule has 0 saturated carbocycles. The van der Waals surface area contributed by atoms with Gasteiger partial charge in [0.25, 0.3) is 17.7 Å². The molecule has 47 heavy (non-hydrogen) atoms. The molecule has 1 aliphatic rings. The summed E-state index contributed by atoms with van der Waals surface area (Å²) in [6.07, 6.45) is 2.12. The third-order valence-electron chi connectivity index (χ3n) is 8.33. The van der Waals surface area contributed by atoms with Crippen LogP contribution in [-0.4, -0.2) is 58.2 Å². The summed E-state index contributed by atoms with van der Waals surface area (Å²) in [5.74, 6) is -0.344. The molecule has 0 unspecified atom stereocenters. The zero-order valence-electron chi connectivity index (χ0n) is 26.2. The third-order valence-corrected chi connectivity index (χ3v) is 8.33. The summed E-state index contributed by atoms with van der Waals surface area (Å²) in [6, 6.07) is 30.8. The summed E-state index contributed by atoms with van der Waals surface area (Å²) in [6.45, 7) is 2.25. The number of amides is 4. The molecule has 1 aromatic heterocycles. The number of anilines is 2. The zero-order valence-corrected chi connectivity index (χ0v) is 26.2. The average Bonchev–Trinajstić information content (AvgIpc) is 3.68. The van der Waals surface area contributed by atoms with E-state index in [1.807, 2.05) is 76.2 Å². The Balaban J connectivity index is 1.23. The predicted molar refractivity (Wildman–Crippen MR) is 181 cm³/mol. The van der Waals surface area contributed by atoms with Crippen molar-refractivity contribution in [1.29, 1.82) is 0 Å². The first kappa shape index (κ1) is 31.2. The van der Waals surface area contributed by atoms with Crippen LogP contribution in [0.15, 0.2) is 103 Å². The summed E-state index contributed by atoms with van der Waals surface area (Å²) in [7, 11) is 1.71. The van der Waals surface area contributed by atoms with Crippen LogP contribution in [0.2, 0.25) is 0 Å². The molecule has 4 amide bonds. The van der Waals surface area contributed by atoms with Gasteiger partial charge in [0.05, 0.1) is 11.0 Å². The monoisotopic (exact) mass is 628 g/mol. The molecule has 0 aliphatic carbocycles. The lowest BCUT2D eigenvalue weighted by atomic mass is 10.1. The van der Waals surface area contributed by atoms with E-state index in [2.05, 4.69) is 10.6 Å². The van der Waals surface area contributed by atoms with Gasteiger partial charge in [0.15, 0.2) is 0 Å². The SMILES string of the molecule is CN(C(=O)c1ccccc1)c1ccc2c(c1)nc(NC(=O)c1cccc(C(=O)NCc3ccccc3)c1)n2CCCN1CCCC1=O. The molecule has 5 aromatic rings. The lowest BCUT2D eigenvalue weighted by Gasteiger charge is -2.18. The quantitative estimate of drug-likeness (QED) is 0.200. The highest BCUT2D eigenvalue weighted by atomic mass is 16.2. The van der Waals surface area contributed by atoms with Gasteiger partial charge >= 0.3 is 0 Å². The van der Waals surface area contributed by atoms with Crippen molar-refractivity contribution in [3.8, 4) is 0 Å². The van der Waals surface area contributed by atoms with E-state index >= 15 is 0 Å². The summed E-state index contributed by atoms with van der Waals surface area (Å²) < 4.78 is 1.92. The van der Waals surface area contributed by atoms with E-state index in [1.54, 1.807) is 48.3 Å². The van der Waals surface area contributed by atoms with Gasteiger partial charge in [-0.2, -0.15) is 0 Å². The maximum Gasteiger partial charge on any atom is 0.258 e. The van der Waals surface area contributed by atoms with Crippen LogP contribution in [0.4, 0.5) is 11.6 Å². The van der Waals surface area contributed by atoms with Crippen LogP contribution in [0.3, 0.4) is 0 Å². The largest absolute Gasteiger partial charge is 0.348 e. The predicted octanol–water partition coefficient (Wildman–Crippen LogP) is 5.51. The number of nitrogens with one attached hydrogen (secondary N) is 2. The van der Waals surface area contributed by atoms with Crippen LogP contribution in [0.5, 0.6) is 0 Å². The molecular weight excluding hydrogens is 592 g/mol. The Kier molecular flexibility index (Phi) is 9.38. The van der Waals surface area contributed by atoms with Crippen LogP contribution in [-0.2, 0) is 17.9 Å². The molecule has 2 N–H and O–H groups in total. The first-order valence-electron chi connectivity index (χ1n) is 15.7. The molecule has 2 heterocycles. The minimum absolute atomic E-state index is 0.152. The highest BCUT2D eigenvalue weighted by molar-refractivity contribution is 6.07.